The first-order valence-corrected chi connectivity index (χ1v) is 7.50. The fraction of sp³-hybridized carbons (Fsp3) is 0.429. The molecule has 0 bridgehead atoms. The van der Waals surface area contributed by atoms with Gasteiger partial charge in [0.2, 0.25) is 0 Å². The molecule has 18 heavy (non-hydrogen) atoms. The third-order valence-electron chi connectivity index (χ3n) is 3.05. The molecule has 4 heteroatoms. The van der Waals surface area contributed by atoms with E-state index in [0.29, 0.717) is 0 Å². The minimum absolute atomic E-state index is 0.194. The highest BCUT2D eigenvalue weighted by Crippen LogP contribution is 2.31. The van der Waals surface area contributed by atoms with Crippen molar-refractivity contribution in [2.75, 3.05) is 13.1 Å². The van der Waals surface area contributed by atoms with Gasteiger partial charge in [0.1, 0.15) is 9.57 Å². The molecule has 94 valence electrons. The van der Waals surface area contributed by atoms with Gasteiger partial charge in [-0.2, -0.15) is 5.26 Å². The summed E-state index contributed by atoms with van der Waals surface area (Å²) >= 11 is 6.95. The lowest BCUT2D eigenvalue weighted by Crippen LogP contribution is -2.33. The van der Waals surface area contributed by atoms with Crippen molar-refractivity contribution in [1.29, 1.82) is 5.26 Å². The Morgan fingerprint density at radius 2 is 1.89 bits per heavy atom. The van der Waals surface area contributed by atoms with Crippen LogP contribution < -0.4 is 0 Å². The standard InChI is InChI=1S/C14H16N2S2/c15-11-13(12-7-3-1-4-8-12)18-14(17)16-9-5-2-6-10-16/h1,3-4,7-8,13H,2,5-6,9-10H2. The lowest BCUT2D eigenvalue weighted by Gasteiger charge is -2.29. The molecule has 1 aromatic rings. The fourth-order valence-corrected chi connectivity index (χ4v) is 3.40. The van der Waals surface area contributed by atoms with E-state index in [2.05, 4.69) is 11.0 Å². The minimum Gasteiger partial charge on any atom is -0.357 e. The van der Waals surface area contributed by atoms with Gasteiger partial charge in [-0.05, 0) is 24.8 Å². The molecule has 0 saturated carbocycles. The maximum Gasteiger partial charge on any atom is 0.137 e. The van der Waals surface area contributed by atoms with E-state index in [1.165, 1.54) is 31.0 Å². The van der Waals surface area contributed by atoms with Crippen LogP contribution in [0.1, 0.15) is 30.1 Å². The van der Waals surface area contributed by atoms with E-state index in [4.69, 9.17) is 12.2 Å². The summed E-state index contributed by atoms with van der Waals surface area (Å²) in [6, 6.07) is 12.2. The molecule has 2 rings (SSSR count). The lowest BCUT2D eigenvalue weighted by atomic mass is 10.1. The first kappa shape index (κ1) is 13.4. The van der Waals surface area contributed by atoms with Crippen molar-refractivity contribution in [1.82, 2.24) is 4.90 Å². The number of nitrogens with zero attached hydrogens (tertiary/aromatic N) is 2. The predicted octanol–water partition coefficient (Wildman–Crippen LogP) is 3.76. The molecule has 1 atom stereocenters. The van der Waals surface area contributed by atoms with Crippen LogP contribution in [-0.4, -0.2) is 22.3 Å². The largest absolute Gasteiger partial charge is 0.357 e. The van der Waals surface area contributed by atoms with Gasteiger partial charge in [0.15, 0.2) is 0 Å². The highest BCUT2D eigenvalue weighted by Gasteiger charge is 2.19. The SMILES string of the molecule is N#CC(SC(=S)N1CCCCC1)c1ccccc1. The monoisotopic (exact) mass is 276 g/mol. The van der Waals surface area contributed by atoms with Crippen molar-refractivity contribution in [2.45, 2.75) is 24.5 Å². The van der Waals surface area contributed by atoms with E-state index in [-0.39, 0.29) is 5.25 Å². The number of benzene rings is 1. The van der Waals surface area contributed by atoms with Crippen molar-refractivity contribution < 1.29 is 0 Å². The number of hydrogen-bond acceptors (Lipinski definition) is 3. The van der Waals surface area contributed by atoms with Crippen LogP contribution in [0.5, 0.6) is 0 Å². The van der Waals surface area contributed by atoms with Crippen LogP contribution in [0.4, 0.5) is 0 Å². The topological polar surface area (TPSA) is 27.0 Å². The van der Waals surface area contributed by atoms with Crippen molar-refractivity contribution >= 4 is 28.3 Å². The Labute approximate surface area is 118 Å². The van der Waals surface area contributed by atoms with Crippen LogP contribution in [0.3, 0.4) is 0 Å². The summed E-state index contributed by atoms with van der Waals surface area (Å²) in [6.45, 7) is 2.08. The molecule has 1 heterocycles. The van der Waals surface area contributed by atoms with Crippen LogP contribution in [0.25, 0.3) is 0 Å². The quantitative estimate of drug-likeness (QED) is 0.769. The smallest absolute Gasteiger partial charge is 0.137 e. The van der Waals surface area contributed by atoms with Gasteiger partial charge in [-0.15, -0.1) is 0 Å². The van der Waals surface area contributed by atoms with Crippen LogP contribution in [-0.2, 0) is 0 Å². The van der Waals surface area contributed by atoms with E-state index in [9.17, 15) is 5.26 Å². The Balaban J connectivity index is 1.98. The average molecular weight is 276 g/mol. The summed E-state index contributed by atoms with van der Waals surface area (Å²) in [6.07, 6.45) is 3.72. The van der Waals surface area contributed by atoms with Crippen molar-refractivity contribution in [3.8, 4) is 6.07 Å². The highest BCUT2D eigenvalue weighted by molar-refractivity contribution is 8.23. The predicted molar refractivity (Wildman–Crippen MR) is 80.4 cm³/mol. The van der Waals surface area contributed by atoms with Crippen molar-refractivity contribution in [3.63, 3.8) is 0 Å². The molecule has 0 amide bonds. The lowest BCUT2D eigenvalue weighted by molar-refractivity contribution is 0.352. The van der Waals surface area contributed by atoms with E-state index < -0.39 is 0 Å². The first-order valence-electron chi connectivity index (χ1n) is 6.21. The van der Waals surface area contributed by atoms with E-state index >= 15 is 0 Å². The fourth-order valence-electron chi connectivity index (χ4n) is 2.05. The maximum atomic E-state index is 9.28. The molecule has 1 aromatic carbocycles. The number of rotatable bonds is 2. The number of thiocarbonyl (C=S) groups is 1. The van der Waals surface area contributed by atoms with E-state index in [1.54, 1.807) is 0 Å². The molecule has 1 saturated heterocycles. The molecule has 0 N–H and O–H groups in total. The number of nitriles is 1. The Morgan fingerprint density at radius 1 is 1.22 bits per heavy atom. The minimum atomic E-state index is -0.194. The maximum absolute atomic E-state index is 9.28. The van der Waals surface area contributed by atoms with Gasteiger partial charge >= 0.3 is 0 Å². The molecule has 1 aliphatic rings. The zero-order valence-corrected chi connectivity index (χ0v) is 11.8. The van der Waals surface area contributed by atoms with Gasteiger partial charge < -0.3 is 4.90 Å². The second-order valence-corrected chi connectivity index (χ2v) is 6.09. The first-order chi connectivity index (χ1) is 8.81. The Hall–Kier alpha value is -1.05. The zero-order valence-electron chi connectivity index (χ0n) is 10.2. The molecule has 0 spiro atoms. The molecule has 0 aromatic heterocycles. The summed E-state index contributed by atoms with van der Waals surface area (Å²) in [5.74, 6) is 0. The normalized spacial score (nSPS) is 16.9. The number of likely N-dealkylation sites (tertiary alicyclic amines) is 1. The molecule has 1 unspecified atom stereocenters. The average Bonchev–Trinajstić information content (AvgIpc) is 2.46. The van der Waals surface area contributed by atoms with Gasteiger partial charge in [-0.1, -0.05) is 54.3 Å². The van der Waals surface area contributed by atoms with Crippen LogP contribution in [0.2, 0.25) is 0 Å². The van der Waals surface area contributed by atoms with Gasteiger partial charge in [-0.25, -0.2) is 0 Å². The van der Waals surface area contributed by atoms with E-state index in [1.807, 2.05) is 30.3 Å². The number of hydrogen-bond donors (Lipinski definition) is 0. The number of piperidine rings is 1. The highest BCUT2D eigenvalue weighted by atomic mass is 32.2. The molecule has 1 aliphatic heterocycles. The Kier molecular flexibility index (Phi) is 5.03. The molecule has 0 aliphatic carbocycles. The third-order valence-corrected chi connectivity index (χ3v) is 4.67. The molecular formula is C14H16N2S2. The Bertz CT molecular complexity index is 433. The van der Waals surface area contributed by atoms with Crippen molar-refractivity contribution in [3.05, 3.63) is 35.9 Å². The van der Waals surface area contributed by atoms with Crippen LogP contribution in [0.15, 0.2) is 30.3 Å². The summed E-state index contributed by atoms with van der Waals surface area (Å²) in [5, 5.41) is 9.08. The molecule has 0 radical (unpaired) electrons. The number of thioether (sulfide) groups is 1. The van der Waals surface area contributed by atoms with Gasteiger partial charge in [0.25, 0.3) is 0 Å². The molecular weight excluding hydrogens is 260 g/mol. The summed E-state index contributed by atoms with van der Waals surface area (Å²) in [5.41, 5.74) is 1.03. The third kappa shape index (κ3) is 3.47. The van der Waals surface area contributed by atoms with E-state index in [0.717, 1.165) is 23.0 Å². The summed E-state index contributed by atoms with van der Waals surface area (Å²) in [4.78, 5) is 2.23. The van der Waals surface area contributed by atoms with Gasteiger partial charge in [0.05, 0.1) is 6.07 Å². The van der Waals surface area contributed by atoms with Gasteiger partial charge in [-0.3, -0.25) is 0 Å². The zero-order chi connectivity index (χ0) is 12.8. The van der Waals surface area contributed by atoms with Crippen LogP contribution >= 0.6 is 24.0 Å². The van der Waals surface area contributed by atoms with Crippen LogP contribution in [0, 0.1) is 11.3 Å². The van der Waals surface area contributed by atoms with Crippen molar-refractivity contribution in [2.24, 2.45) is 0 Å². The summed E-state index contributed by atoms with van der Waals surface area (Å²) in [7, 11) is 0. The van der Waals surface area contributed by atoms with Gasteiger partial charge in [0, 0.05) is 13.1 Å². The second-order valence-electron chi connectivity index (χ2n) is 4.35. The molecule has 2 nitrogen and oxygen atoms in total. The molecule has 1 fully saturated rings. The Morgan fingerprint density at radius 3 is 2.50 bits per heavy atom. The summed E-state index contributed by atoms with van der Waals surface area (Å²) < 4.78 is 0.866. The second kappa shape index (κ2) is 6.77.